The lowest BCUT2D eigenvalue weighted by Crippen LogP contribution is -2.24. The van der Waals surface area contributed by atoms with E-state index < -0.39 is 5.97 Å². The second-order valence-electron chi connectivity index (χ2n) is 6.69. The summed E-state index contributed by atoms with van der Waals surface area (Å²) >= 11 is 0. The van der Waals surface area contributed by atoms with Gasteiger partial charge < -0.3 is 14.8 Å². The van der Waals surface area contributed by atoms with E-state index in [2.05, 4.69) is 37.6 Å². The molecule has 3 aromatic rings. The van der Waals surface area contributed by atoms with Gasteiger partial charge in [0.05, 0.1) is 12.7 Å². The zero-order valence-electron chi connectivity index (χ0n) is 17.3. The van der Waals surface area contributed by atoms with Gasteiger partial charge in [0.15, 0.2) is 0 Å². The molecule has 0 aliphatic heterocycles. The average Bonchev–Trinajstić information content (AvgIpc) is 3.21. The van der Waals surface area contributed by atoms with Crippen LogP contribution in [-0.4, -0.2) is 38.8 Å². The monoisotopic (exact) mass is 409 g/mol. The molecule has 0 spiro atoms. The highest BCUT2D eigenvalue weighted by atomic mass is 16.5. The summed E-state index contributed by atoms with van der Waals surface area (Å²) in [4.78, 5) is 19.5. The molecule has 4 rings (SSSR count). The summed E-state index contributed by atoms with van der Waals surface area (Å²) in [5.41, 5.74) is 0.979. The number of rotatable bonds is 7. The van der Waals surface area contributed by atoms with Gasteiger partial charge in [-0.15, -0.1) is 5.10 Å². The molecule has 2 heterocycles. The molecule has 1 aliphatic carbocycles. The second kappa shape index (κ2) is 10.9. The van der Waals surface area contributed by atoms with Crippen LogP contribution in [0, 0.1) is 0 Å². The summed E-state index contributed by atoms with van der Waals surface area (Å²) in [6, 6.07) is 10.1. The van der Waals surface area contributed by atoms with Crippen LogP contribution < -0.4 is 10.1 Å². The van der Waals surface area contributed by atoms with Gasteiger partial charge in [-0.3, -0.25) is 10.1 Å². The molecule has 0 bridgehead atoms. The topological polar surface area (TPSA) is 102 Å². The maximum atomic E-state index is 11.2. The van der Waals surface area contributed by atoms with Crippen LogP contribution in [0.3, 0.4) is 0 Å². The summed E-state index contributed by atoms with van der Waals surface area (Å²) in [5.74, 6) is 0.877. The average molecular weight is 409 g/mol. The third kappa shape index (κ3) is 5.79. The maximum absolute atomic E-state index is 11.2. The number of fused-ring (bicyclic) bond motifs is 1. The first kappa shape index (κ1) is 21.3. The van der Waals surface area contributed by atoms with Gasteiger partial charge in [-0.2, -0.15) is 4.98 Å². The lowest BCUT2D eigenvalue weighted by atomic mass is 9.96. The van der Waals surface area contributed by atoms with Gasteiger partial charge in [-0.1, -0.05) is 31.2 Å². The Labute approximate surface area is 175 Å². The minimum atomic E-state index is -0.502. The number of nitrogens with zero attached hydrogens (tertiary/aromatic N) is 3. The predicted molar refractivity (Wildman–Crippen MR) is 115 cm³/mol. The molecule has 0 unspecified atom stereocenters. The molecule has 8 nitrogen and oxygen atoms in total. The maximum Gasteiger partial charge on any atom is 0.375 e. The lowest BCUT2D eigenvalue weighted by molar-refractivity contribution is 0.0512. The highest BCUT2D eigenvalue weighted by Gasteiger charge is 2.20. The van der Waals surface area contributed by atoms with Gasteiger partial charge in [-0.05, 0) is 50.9 Å². The number of hydrogen-bond acceptors (Lipinski definition) is 7. The Hall–Kier alpha value is -3.42. The lowest BCUT2D eigenvalue weighted by Gasteiger charge is -2.26. The molecular formula is C22H27N5O3. The summed E-state index contributed by atoms with van der Waals surface area (Å²) in [5, 5.41) is 10.2. The van der Waals surface area contributed by atoms with E-state index in [1.54, 1.807) is 13.1 Å². The summed E-state index contributed by atoms with van der Waals surface area (Å²) in [6.07, 6.45) is 10.4. The molecule has 1 saturated carbocycles. The first-order valence-electron chi connectivity index (χ1n) is 10.2. The highest BCUT2D eigenvalue weighted by Crippen LogP contribution is 2.29. The molecule has 1 aromatic carbocycles. The third-order valence-electron chi connectivity index (χ3n) is 4.46. The van der Waals surface area contributed by atoms with Crippen molar-refractivity contribution in [3.05, 3.63) is 54.6 Å². The second-order valence-corrected chi connectivity index (χ2v) is 6.69. The summed E-state index contributed by atoms with van der Waals surface area (Å²) in [7, 11) is 0. The molecule has 8 heteroatoms. The van der Waals surface area contributed by atoms with E-state index in [0.29, 0.717) is 18.7 Å². The van der Waals surface area contributed by atoms with Crippen molar-refractivity contribution in [3.8, 4) is 5.75 Å². The van der Waals surface area contributed by atoms with Crippen molar-refractivity contribution in [1.82, 2.24) is 20.2 Å². The molecule has 158 valence electrons. The van der Waals surface area contributed by atoms with E-state index >= 15 is 0 Å². The number of benzene rings is 1. The number of esters is 1. The molecule has 1 fully saturated rings. The number of para-hydroxylation sites is 1. The van der Waals surface area contributed by atoms with Crippen LogP contribution in [0.25, 0.3) is 10.9 Å². The molecule has 2 N–H and O–H groups in total. The number of carbonyl (C=O) groups excluding carboxylic acids is 1. The quantitative estimate of drug-likeness (QED) is 0.555. The van der Waals surface area contributed by atoms with Crippen molar-refractivity contribution >= 4 is 22.8 Å². The molecule has 1 aliphatic rings. The highest BCUT2D eigenvalue weighted by molar-refractivity contribution is 5.85. The minimum absolute atomic E-state index is 0.101. The van der Waals surface area contributed by atoms with E-state index in [1.165, 1.54) is 19.3 Å². The van der Waals surface area contributed by atoms with Crippen LogP contribution >= 0.6 is 0 Å². The Bertz CT molecular complexity index is 976. The van der Waals surface area contributed by atoms with Crippen LogP contribution in [0.2, 0.25) is 0 Å². The largest absolute Gasteiger partial charge is 0.488 e. The van der Waals surface area contributed by atoms with Gasteiger partial charge >= 0.3 is 5.97 Å². The molecule has 0 amide bonds. The smallest absolute Gasteiger partial charge is 0.375 e. The van der Waals surface area contributed by atoms with Crippen molar-refractivity contribution in [2.75, 3.05) is 11.9 Å². The van der Waals surface area contributed by atoms with E-state index in [4.69, 9.17) is 9.47 Å². The van der Waals surface area contributed by atoms with Crippen LogP contribution in [0.5, 0.6) is 5.75 Å². The molecular weight excluding hydrogens is 382 g/mol. The Morgan fingerprint density at radius 2 is 2.10 bits per heavy atom. The first-order chi connectivity index (χ1) is 14.7. The van der Waals surface area contributed by atoms with Crippen molar-refractivity contribution in [2.45, 2.75) is 45.6 Å². The van der Waals surface area contributed by atoms with Gasteiger partial charge in [0.2, 0.25) is 11.8 Å². The molecule has 2 aromatic heterocycles. The predicted octanol–water partition coefficient (Wildman–Crippen LogP) is 4.48. The Morgan fingerprint density at radius 3 is 2.83 bits per heavy atom. The van der Waals surface area contributed by atoms with Crippen molar-refractivity contribution < 1.29 is 14.3 Å². The van der Waals surface area contributed by atoms with Crippen molar-refractivity contribution in [2.24, 2.45) is 0 Å². The first-order valence-corrected chi connectivity index (χ1v) is 10.2. The molecule has 0 atom stereocenters. The minimum Gasteiger partial charge on any atom is -0.488 e. The van der Waals surface area contributed by atoms with Gasteiger partial charge in [0.25, 0.3) is 0 Å². The van der Waals surface area contributed by atoms with Crippen LogP contribution in [0.1, 0.15) is 50.1 Å². The SMILES string of the molecule is CC/C=C/Nc1n[nH]c(C(=O)OCC)n1.c1cnc2c(OC3CCC3)cccc2c1. The van der Waals surface area contributed by atoms with E-state index in [1.807, 2.05) is 37.4 Å². The number of aromatic amines is 1. The zero-order chi connectivity index (χ0) is 21.2. The fraction of sp³-hybridized carbons (Fsp3) is 0.364. The number of carbonyl (C=O) groups is 1. The van der Waals surface area contributed by atoms with Crippen LogP contribution in [0.4, 0.5) is 5.95 Å². The number of anilines is 1. The number of allylic oxidation sites excluding steroid dienone is 1. The fourth-order valence-electron chi connectivity index (χ4n) is 2.71. The summed E-state index contributed by atoms with van der Waals surface area (Å²) < 4.78 is 10.6. The van der Waals surface area contributed by atoms with E-state index in [-0.39, 0.29) is 5.82 Å². The van der Waals surface area contributed by atoms with Crippen molar-refractivity contribution in [3.63, 3.8) is 0 Å². The van der Waals surface area contributed by atoms with Gasteiger partial charge in [0.1, 0.15) is 11.3 Å². The van der Waals surface area contributed by atoms with Crippen molar-refractivity contribution in [1.29, 1.82) is 0 Å². The normalized spacial score (nSPS) is 13.4. The number of ether oxygens (including phenoxy) is 2. The van der Waals surface area contributed by atoms with Gasteiger partial charge in [0, 0.05) is 11.6 Å². The molecule has 0 radical (unpaired) electrons. The Morgan fingerprint density at radius 1 is 1.27 bits per heavy atom. The van der Waals surface area contributed by atoms with E-state index in [9.17, 15) is 4.79 Å². The number of aromatic nitrogens is 4. The summed E-state index contributed by atoms with van der Waals surface area (Å²) in [6.45, 7) is 4.07. The Kier molecular flexibility index (Phi) is 7.77. The number of H-pyrrole nitrogens is 1. The third-order valence-corrected chi connectivity index (χ3v) is 4.46. The van der Waals surface area contributed by atoms with Crippen LogP contribution in [-0.2, 0) is 4.74 Å². The van der Waals surface area contributed by atoms with Crippen LogP contribution in [0.15, 0.2) is 48.8 Å². The van der Waals surface area contributed by atoms with Gasteiger partial charge in [-0.25, -0.2) is 4.79 Å². The fourth-order valence-corrected chi connectivity index (χ4v) is 2.71. The Balaban J connectivity index is 0.000000171. The zero-order valence-corrected chi connectivity index (χ0v) is 17.3. The number of nitrogens with one attached hydrogen (secondary N) is 2. The van der Waals surface area contributed by atoms with E-state index in [0.717, 1.165) is 23.1 Å². The molecule has 30 heavy (non-hydrogen) atoms. The number of hydrogen-bond donors (Lipinski definition) is 2. The number of pyridine rings is 1. The standard InChI is InChI=1S/C13H13NO.C9H14N4O2/c1-4-10-5-3-9-14-13(10)12(8-1)15-11-6-2-7-11;1-3-5-6-10-9-11-7(12-13-9)8(14)15-4-2/h1,3-5,8-9,11H,2,6-7H2;5-6H,3-4H2,1-2H3,(H2,10,11,12,13)/b;6-5+. The molecule has 0 saturated heterocycles.